The van der Waals surface area contributed by atoms with E-state index in [2.05, 4.69) is 30.2 Å². The van der Waals surface area contributed by atoms with Gasteiger partial charge in [0.05, 0.1) is 6.67 Å². The molecule has 0 radical (unpaired) electrons. The van der Waals surface area contributed by atoms with Gasteiger partial charge >= 0.3 is 5.97 Å². The molecule has 0 saturated heterocycles. The summed E-state index contributed by atoms with van der Waals surface area (Å²) in [5.41, 5.74) is 0. The van der Waals surface area contributed by atoms with Crippen LogP contribution in [0.2, 0.25) is 0 Å². The first-order valence-electron chi connectivity index (χ1n) is 6.72. The van der Waals surface area contributed by atoms with E-state index >= 15 is 0 Å². The van der Waals surface area contributed by atoms with Crippen LogP contribution in [0.25, 0.3) is 0 Å². The number of nitrogens with zero attached hydrogens (tertiary/aromatic N) is 2. The molecule has 1 rings (SSSR count). The third kappa shape index (κ3) is 4.43. The zero-order valence-corrected chi connectivity index (χ0v) is 11.5. The highest BCUT2D eigenvalue weighted by atomic mass is 16.6. The lowest BCUT2D eigenvalue weighted by atomic mass is 10.2. The van der Waals surface area contributed by atoms with Gasteiger partial charge in [-0.05, 0) is 13.3 Å². The lowest BCUT2D eigenvalue weighted by Crippen LogP contribution is -2.37. The number of ether oxygens (including phenoxy) is 1. The molecule has 1 aliphatic rings. The summed E-state index contributed by atoms with van der Waals surface area (Å²) in [5, 5.41) is 0. The molecule has 4 heteroatoms. The predicted molar refractivity (Wildman–Crippen MR) is 72.4 cm³/mol. The van der Waals surface area contributed by atoms with Crippen LogP contribution in [-0.4, -0.2) is 35.2 Å². The summed E-state index contributed by atoms with van der Waals surface area (Å²) in [6.07, 6.45) is 9.36. The maximum absolute atomic E-state index is 11.4. The van der Waals surface area contributed by atoms with Crippen molar-refractivity contribution >= 4 is 5.97 Å². The minimum atomic E-state index is -0.347. The van der Waals surface area contributed by atoms with E-state index < -0.39 is 0 Å². The van der Waals surface area contributed by atoms with Crippen molar-refractivity contribution in [2.75, 3.05) is 13.2 Å². The average Bonchev–Trinajstić information content (AvgIpc) is 2.86. The van der Waals surface area contributed by atoms with Crippen LogP contribution in [0.1, 0.15) is 39.5 Å². The molecule has 0 N–H and O–H groups in total. The number of carbonyl (C=O) groups is 1. The minimum absolute atomic E-state index is 0.171. The number of rotatable bonds is 8. The third-order valence-electron chi connectivity index (χ3n) is 3.06. The van der Waals surface area contributed by atoms with Gasteiger partial charge in [-0.15, -0.1) is 0 Å². The van der Waals surface area contributed by atoms with Crippen molar-refractivity contribution in [1.82, 2.24) is 9.80 Å². The quantitative estimate of drug-likeness (QED) is 0.378. The summed E-state index contributed by atoms with van der Waals surface area (Å²) in [4.78, 5) is 15.6. The number of unbranched alkanes of at least 4 members (excludes halogenated alkanes) is 2. The fourth-order valence-electron chi connectivity index (χ4n) is 1.92. The van der Waals surface area contributed by atoms with Crippen LogP contribution in [0.4, 0.5) is 0 Å². The first kappa shape index (κ1) is 14.6. The Kier molecular flexibility index (Phi) is 6.33. The maximum atomic E-state index is 11.4. The number of carbonyl (C=O) groups excluding carboxylic acids is 1. The largest absolute Gasteiger partial charge is 0.438 e. The molecule has 0 bridgehead atoms. The molecule has 0 aliphatic carbocycles. The van der Waals surface area contributed by atoms with E-state index in [1.807, 2.05) is 12.4 Å². The molecular formula is C14H24N2O2. The summed E-state index contributed by atoms with van der Waals surface area (Å²) >= 11 is 0. The fourth-order valence-corrected chi connectivity index (χ4v) is 1.92. The lowest BCUT2D eigenvalue weighted by Gasteiger charge is -2.28. The van der Waals surface area contributed by atoms with Crippen molar-refractivity contribution in [2.45, 2.75) is 45.8 Å². The molecule has 1 atom stereocenters. The Labute approximate surface area is 110 Å². The van der Waals surface area contributed by atoms with Crippen molar-refractivity contribution in [3.05, 3.63) is 25.1 Å². The maximum Gasteiger partial charge on any atom is 0.332 e. The molecule has 0 aromatic rings. The van der Waals surface area contributed by atoms with Gasteiger partial charge in [-0.25, -0.2) is 4.79 Å². The highest BCUT2D eigenvalue weighted by molar-refractivity contribution is 5.81. The zero-order chi connectivity index (χ0) is 13.4. The van der Waals surface area contributed by atoms with Crippen molar-refractivity contribution < 1.29 is 9.53 Å². The van der Waals surface area contributed by atoms with Crippen LogP contribution in [0.5, 0.6) is 0 Å². The van der Waals surface area contributed by atoms with E-state index in [9.17, 15) is 4.79 Å². The van der Waals surface area contributed by atoms with E-state index in [0.29, 0.717) is 0 Å². The smallest absolute Gasteiger partial charge is 0.332 e. The second-order valence-electron chi connectivity index (χ2n) is 4.45. The fraction of sp³-hybridized carbons (Fsp3) is 0.643. The van der Waals surface area contributed by atoms with E-state index in [0.717, 1.165) is 32.5 Å². The summed E-state index contributed by atoms with van der Waals surface area (Å²) in [6, 6.07) is 0. The second-order valence-corrected chi connectivity index (χ2v) is 4.45. The van der Waals surface area contributed by atoms with Gasteiger partial charge in [-0.3, -0.25) is 0 Å². The molecule has 0 aromatic heterocycles. The van der Waals surface area contributed by atoms with Crippen LogP contribution in [-0.2, 0) is 9.53 Å². The van der Waals surface area contributed by atoms with Crippen LogP contribution in [0.3, 0.4) is 0 Å². The summed E-state index contributed by atoms with van der Waals surface area (Å²) in [7, 11) is 0. The second kappa shape index (κ2) is 7.80. The van der Waals surface area contributed by atoms with Crippen molar-refractivity contribution in [1.29, 1.82) is 0 Å². The lowest BCUT2D eigenvalue weighted by molar-refractivity contribution is -0.151. The number of hydrogen-bond donors (Lipinski definition) is 0. The van der Waals surface area contributed by atoms with Gasteiger partial charge < -0.3 is 14.5 Å². The molecule has 4 nitrogen and oxygen atoms in total. The highest BCUT2D eigenvalue weighted by Gasteiger charge is 2.22. The molecule has 18 heavy (non-hydrogen) atoms. The van der Waals surface area contributed by atoms with Gasteiger partial charge in [0.2, 0.25) is 0 Å². The normalized spacial score (nSPS) is 15.9. The average molecular weight is 252 g/mol. The van der Waals surface area contributed by atoms with Crippen LogP contribution >= 0.6 is 0 Å². The Hall–Kier alpha value is -1.45. The Morgan fingerprint density at radius 1 is 1.44 bits per heavy atom. The van der Waals surface area contributed by atoms with Gasteiger partial charge in [-0.2, -0.15) is 0 Å². The van der Waals surface area contributed by atoms with E-state index in [1.165, 1.54) is 12.5 Å². The van der Waals surface area contributed by atoms with Crippen molar-refractivity contribution in [2.24, 2.45) is 0 Å². The standard InChI is InChI=1S/C14H24N2O2/c1-4-7-8-9-13(18-14(17)5-2)16-11-10-15(6-3)12-16/h5,10-11,13H,2,4,6-9,12H2,1,3H3. The van der Waals surface area contributed by atoms with Crippen molar-refractivity contribution in [3.8, 4) is 0 Å². The molecule has 0 amide bonds. The van der Waals surface area contributed by atoms with Gasteiger partial charge in [-0.1, -0.05) is 26.3 Å². The summed E-state index contributed by atoms with van der Waals surface area (Å²) in [6.45, 7) is 9.47. The summed E-state index contributed by atoms with van der Waals surface area (Å²) < 4.78 is 5.41. The minimum Gasteiger partial charge on any atom is -0.438 e. The Balaban J connectivity index is 2.51. The molecule has 0 saturated carbocycles. The first-order chi connectivity index (χ1) is 8.71. The van der Waals surface area contributed by atoms with Gasteiger partial charge in [0.15, 0.2) is 6.23 Å². The zero-order valence-electron chi connectivity index (χ0n) is 11.5. The van der Waals surface area contributed by atoms with E-state index in [1.54, 1.807) is 0 Å². The van der Waals surface area contributed by atoms with Crippen LogP contribution in [0, 0.1) is 0 Å². The number of hydrogen-bond acceptors (Lipinski definition) is 4. The monoisotopic (exact) mass is 252 g/mol. The SMILES string of the molecule is C=CC(=O)OC(CCCCC)N1C=CN(CC)C1. The van der Waals surface area contributed by atoms with Gasteiger partial charge in [0, 0.05) is 31.4 Å². The van der Waals surface area contributed by atoms with E-state index in [-0.39, 0.29) is 12.2 Å². The number of esters is 1. The summed E-state index contributed by atoms with van der Waals surface area (Å²) in [5.74, 6) is -0.347. The van der Waals surface area contributed by atoms with Gasteiger partial charge in [0.25, 0.3) is 0 Å². The van der Waals surface area contributed by atoms with Gasteiger partial charge in [0.1, 0.15) is 0 Å². The van der Waals surface area contributed by atoms with E-state index in [4.69, 9.17) is 4.74 Å². The molecule has 102 valence electrons. The molecule has 0 spiro atoms. The molecule has 1 heterocycles. The third-order valence-corrected chi connectivity index (χ3v) is 3.06. The molecule has 0 aromatic carbocycles. The Bertz CT molecular complexity index is 302. The van der Waals surface area contributed by atoms with Crippen LogP contribution in [0.15, 0.2) is 25.1 Å². The molecule has 0 fully saturated rings. The molecule has 1 aliphatic heterocycles. The molecule has 1 unspecified atom stereocenters. The van der Waals surface area contributed by atoms with Crippen LogP contribution < -0.4 is 0 Å². The first-order valence-corrected chi connectivity index (χ1v) is 6.72. The Morgan fingerprint density at radius 2 is 2.22 bits per heavy atom. The topological polar surface area (TPSA) is 32.8 Å². The predicted octanol–water partition coefficient (Wildman–Crippen LogP) is 2.69. The van der Waals surface area contributed by atoms with Crippen molar-refractivity contribution in [3.63, 3.8) is 0 Å². The Morgan fingerprint density at radius 3 is 2.78 bits per heavy atom. The highest BCUT2D eigenvalue weighted by Crippen LogP contribution is 2.17. The molecular weight excluding hydrogens is 228 g/mol.